The highest BCUT2D eigenvalue weighted by atomic mass is 32.1. The molecule has 0 aliphatic carbocycles. The maximum Gasteiger partial charge on any atom is 0.416 e. The van der Waals surface area contributed by atoms with Crippen molar-refractivity contribution in [3.63, 3.8) is 0 Å². The summed E-state index contributed by atoms with van der Waals surface area (Å²) in [6.07, 6.45) is -4.29. The highest BCUT2D eigenvalue weighted by Crippen LogP contribution is 2.33. The van der Waals surface area contributed by atoms with Gasteiger partial charge in [0.25, 0.3) is 0 Å². The molecule has 0 bridgehead atoms. The van der Waals surface area contributed by atoms with E-state index in [1.807, 2.05) is 5.38 Å². The fourth-order valence-corrected chi connectivity index (χ4v) is 2.06. The van der Waals surface area contributed by atoms with Gasteiger partial charge in [0.1, 0.15) is 0 Å². The molecule has 0 fully saturated rings. The first kappa shape index (κ1) is 11.1. The molecule has 1 aromatic heterocycles. The van der Waals surface area contributed by atoms with Gasteiger partial charge in [0, 0.05) is 10.9 Å². The van der Waals surface area contributed by atoms with Gasteiger partial charge in [-0.2, -0.15) is 13.2 Å². The van der Waals surface area contributed by atoms with Crippen molar-refractivity contribution in [2.75, 3.05) is 0 Å². The minimum absolute atomic E-state index is 0.220. The van der Waals surface area contributed by atoms with Crippen LogP contribution in [-0.2, 0) is 6.18 Å². The zero-order chi connectivity index (χ0) is 11.8. The van der Waals surface area contributed by atoms with Crippen molar-refractivity contribution in [1.29, 1.82) is 0 Å². The first-order valence-corrected chi connectivity index (χ1v) is 5.49. The second-order valence-electron chi connectivity index (χ2n) is 3.40. The molecule has 84 valence electrons. The lowest BCUT2D eigenvalue weighted by molar-refractivity contribution is -0.138. The quantitative estimate of drug-likeness (QED) is 0.733. The molecule has 0 N–H and O–H groups in total. The monoisotopic (exact) mass is 243 g/mol. The van der Waals surface area contributed by atoms with Gasteiger partial charge in [-0.25, -0.2) is 4.98 Å². The molecule has 2 rings (SSSR count). The fraction of sp³-hybridized carbons (Fsp3) is 0.182. The number of rotatable bonds is 1. The summed E-state index contributed by atoms with van der Waals surface area (Å²) >= 11 is 1.42. The average molecular weight is 243 g/mol. The molecule has 2 aromatic rings. The summed E-state index contributed by atoms with van der Waals surface area (Å²) in [4.78, 5) is 4.06. The summed E-state index contributed by atoms with van der Waals surface area (Å²) in [7, 11) is 0. The van der Waals surface area contributed by atoms with Crippen LogP contribution in [-0.4, -0.2) is 4.98 Å². The Balaban J connectivity index is 2.45. The predicted octanol–water partition coefficient (Wildman–Crippen LogP) is 4.14. The van der Waals surface area contributed by atoms with Gasteiger partial charge in [0.05, 0.1) is 16.8 Å². The summed E-state index contributed by atoms with van der Waals surface area (Å²) in [6.45, 7) is 1.46. The SMILES string of the molecule is Cc1cc(-c2cscn2)ccc1C(F)(F)F. The Bertz CT molecular complexity index is 488. The van der Waals surface area contributed by atoms with Crippen molar-refractivity contribution >= 4 is 11.3 Å². The van der Waals surface area contributed by atoms with Crippen LogP contribution in [0.4, 0.5) is 13.2 Å². The maximum absolute atomic E-state index is 12.5. The number of alkyl halides is 3. The molecule has 0 aliphatic heterocycles. The molecule has 1 nitrogen and oxygen atoms in total. The molecule has 1 heterocycles. The van der Waals surface area contributed by atoms with Crippen molar-refractivity contribution < 1.29 is 13.2 Å². The standard InChI is InChI=1S/C11H8F3NS/c1-7-4-8(10-5-16-6-15-10)2-3-9(7)11(12,13)14/h2-6H,1H3. The van der Waals surface area contributed by atoms with E-state index >= 15 is 0 Å². The Morgan fingerprint density at radius 3 is 2.50 bits per heavy atom. The van der Waals surface area contributed by atoms with Crippen LogP contribution in [0.3, 0.4) is 0 Å². The van der Waals surface area contributed by atoms with E-state index in [0.717, 1.165) is 6.07 Å². The molecule has 16 heavy (non-hydrogen) atoms. The number of halogens is 3. The number of hydrogen-bond donors (Lipinski definition) is 0. The molecule has 0 saturated heterocycles. The van der Waals surface area contributed by atoms with Crippen LogP contribution < -0.4 is 0 Å². The summed E-state index contributed by atoms with van der Waals surface area (Å²) < 4.78 is 37.5. The number of nitrogens with zero attached hydrogens (tertiary/aromatic N) is 1. The Morgan fingerprint density at radius 1 is 1.25 bits per heavy atom. The van der Waals surface area contributed by atoms with E-state index < -0.39 is 11.7 Å². The van der Waals surface area contributed by atoms with Crippen LogP contribution in [0.25, 0.3) is 11.3 Å². The number of benzene rings is 1. The second-order valence-corrected chi connectivity index (χ2v) is 4.12. The van der Waals surface area contributed by atoms with Gasteiger partial charge < -0.3 is 0 Å². The summed E-state index contributed by atoms with van der Waals surface area (Å²) in [5, 5.41) is 1.81. The van der Waals surface area contributed by atoms with E-state index in [2.05, 4.69) is 4.98 Å². The van der Waals surface area contributed by atoms with E-state index in [0.29, 0.717) is 11.3 Å². The van der Waals surface area contributed by atoms with Gasteiger partial charge in [-0.3, -0.25) is 0 Å². The molecule has 0 spiro atoms. The summed E-state index contributed by atoms with van der Waals surface area (Å²) in [5.41, 5.74) is 2.71. The van der Waals surface area contributed by atoms with Crippen LogP contribution in [0, 0.1) is 6.92 Å². The molecular weight excluding hydrogens is 235 g/mol. The molecule has 0 amide bonds. The zero-order valence-electron chi connectivity index (χ0n) is 8.38. The van der Waals surface area contributed by atoms with Gasteiger partial charge in [-0.1, -0.05) is 6.07 Å². The van der Waals surface area contributed by atoms with Crippen LogP contribution in [0.15, 0.2) is 29.1 Å². The number of aromatic nitrogens is 1. The van der Waals surface area contributed by atoms with Crippen molar-refractivity contribution in [3.8, 4) is 11.3 Å². The highest BCUT2D eigenvalue weighted by molar-refractivity contribution is 7.07. The molecule has 0 radical (unpaired) electrons. The summed E-state index contributed by atoms with van der Waals surface area (Å²) in [6, 6.07) is 4.06. The van der Waals surface area contributed by atoms with E-state index in [1.165, 1.54) is 30.4 Å². The number of aryl methyl sites for hydroxylation is 1. The van der Waals surface area contributed by atoms with Crippen LogP contribution in [0.2, 0.25) is 0 Å². The second kappa shape index (κ2) is 3.90. The van der Waals surface area contributed by atoms with E-state index in [9.17, 15) is 13.2 Å². The summed E-state index contributed by atoms with van der Waals surface area (Å²) in [5.74, 6) is 0. The highest BCUT2D eigenvalue weighted by Gasteiger charge is 2.32. The lowest BCUT2D eigenvalue weighted by atomic mass is 10.0. The molecular formula is C11H8F3NS. The van der Waals surface area contributed by atoms with Gasteiger partial charge in [-0.15, -0.1) is 11.3 Å². The van der Waals surface area contributed by atoms with Crippen LogP contribution in [0.5, 0.6) is 0 Å². The Kier molecular flexibility index (Phi) is 2.71. The van der Waals surface area contributed by atoms with Crippen LogP contribution in [0.1, 0.15) is 11.1 Å². The normalized spacial score (nSPS) is 11.8. The van der Waals surface area contributed by atoms with Crippen molar-refractivity contribution in [2.24, 2.45) is 0 Å². The molecule has 0 aliphatic rings. The van der Waals surface area contributed by atoms with E-state index in [1.54, 1.807) is 5.51 Å². The van der Waals surface area contributed by atoms with Gasteiger partial charge >= 0.3 is 6.18 Å². The van der Waals surface area contributed by atoms with Crippen molar-refractivity contribution in [1.82, 2.24) is 4.98 Å². The molecule has 5 heteroatoms. The molecule has 0 unspecified atom stereocenters. The Morgan fingerprint density at radius 2 is 2.00 bits per heavy atom. The largest absolute Gasteiger partial charge is 0.416 e. The van der Waals surface area contributed by atoms with Crippen molar-refractivity contribution in [2.45, 2.75) is 13.1 Å². The predicted molar refractivity (Wildman–Crippen MR) is 57.3 cm³/mol. The zero-order valence-corrected chi connectivity index (χ0v) is 9.19. The minimum atomic E-state index is -4.29. The molecule has 1 aromatic carbocycles. The third-order valence-corrected chi connectivity index (χ3v) is 2.85. The number of thiazole rings is 1. The Labute approximate surface area is 94.6 Å². The average Bonchev–Trinajstić information content (AvgIpc) is 2.68. The maximum atomic E-state index is 12.5. The smallest absolute Gasteiger partial charge is 0.245 e. The van der Waals surface area contributed by atoms with Gasteiger partial charge in [-0.05, 0) is 24.6 Å². The lowest BCUT2D eigenvalue weighted by Gasteiger charge is -2.10. The first-order valence-electron chi connectivity index (χ1n) is 4.55. The number of hydrogen-bond acceptors (Lipinski definition) is 2. The minimum Gasteiger partial charge on any atom is -0.245 e. The first-order chi connectivity index (χ1) is 7.48. The van der Waals surface area contributed by atoms with Gasteiger partial charge in [0.15, 0.2) is 0 Å². The van der Waals surface area contributed by atoms with Gasteiger partial charge in [0.2, 0.25) is 0 Å². The fourth-order valence-electron chi connectivity index (χ4n) is 1.50. The van der Waals surface area contributed by atoms with E-state index in [4.69, 9.17) is 0 Å². The molecule has 0 atom stereocenters. The third-order valence-electron chi connectivity index (χ3n) is 2.26. The Hall–Kier alpha value is -1.36. The van der Waals surface area contributed by atoms with Crippen molar-refractivity contribution in [3.05, 3.63) is 40.2 Å². The van der Waals surface area contributed by atoms with E-state index in [-0.39, 0.29) is 5.56 Å². The lowest BCUT2D eigenvalue weighted by Crippen LogP contribution is -2.07. The van der Waals surface area contributed by atoms with Crippen LogP contribution >= 0.6 is 11.3 Å². The third kappa shape index (κ3) is 2.09. The molecule has 0 saturated carbocycles. The topological polar surface area (TPSA) is 12.9 Å².